The average Bonchev–Trinajstić information content (AvgIpc) is 2.41. The molecule has 4 heteroatoms. The average molecular weight is 286 g/mol. The lowest BCUT2D eigenvalue weighted by molar-refractivity contribution is -0.0765. The summed E-state index contributed by atoms with van der Waals surface area (Å²) in [5, 5.41) is 1.20. The molecule has 1 atom stereocenters. The molecule has 0 N–H and O–H groups in total. The Labute approximate surface area is 118 Å². The van der Waals surface area contributed by atoms with Crippen molar-refractivity contribution in [3.05, 3.63) is 33.8 Å². The summed E-state index contributed by atoms with van der Waals surface area (Å²) in [5.41, 5.74) is 1.10. The first-order chi connectivity index (χ1) is 8.72. The van der Waals surface area contributed by atoms with Crippen LogP contribution in [0.3, 0.4) is 0 Å². The molecule has 0 unspecified atom stereocenters. The highest BCUT2D eigenvalue weighted by Crippen LogP contribution is 2.30. The van der Waals surface area contributed by atoms with Crippen LogP contribution in [0.2, 0.25) is 10.0 Å². The lowest BCUT2D eigenvalue weighted by Gasteiger charge is -2.44. The van der Waals surface area contributed by atoms with Gasteiger partial charge in [-0.25, -0.2) is 0 Å². The minimum Gasteiger partial charge on any atom is -0.372 e. The molecule has 3 saturated heterocycles. The second-order valence-electron chi connectivity index (χ2n) is 5.24. The summed E-state index contributed by atoms with van der Waals surface area (Å²) < 4.78 is 6.05. The van der Waals surface area contributed by atoms with E-state index in [9.17, 15) is 0 Å². The standard InChI is InChI=1S/C14H17Cl2NO/c15-12-2-1-10(7-13(12)16)9-18-14-8-17-5-3-11(14)4-6-17/h1-2,7,11,14H,3-6,8-9H2/t14-/m0/s1. The molecule has 0 aliphatic carbocycles. The molecule has 0 aromatic heterocycles. The fourth-order valence-electron chi connectivity index (χ4n) is 2.93. The summed E-state index contributed by atoms with van der Waals surface area (Å²) in [6.07, 6.45) is 2.96. The van der Waals surface area contributed by atoms with Crippen LogP contribution in [0.5, 0.6) is 0 Å². The van der Waals surface area contributed by atoms with Crippen molar-refractivity contribution in [2.45, 2.75) is 25.6 Å². The van der Waals surface area contributed by atoms with E-state index in [1.54, 1.807) is 0 Å². The van der Waals surface area contributed by atoms with E-state index in [0.29, 0.717) is 22.8 Å². The number of halogens is 2. The van der Waals surface area contributed by atoms with Crippen molar-refractivity contribution in [3.63, 3.8) is 0 Å². The number of hydrogen-bond donors (Lipinski definition) is 0. The minimum atomic E-state index is 0.391. The second-order valence-corrected chi connectivity index (χ2v) is 6.05. The van der Waals surface area contributed by atoms with Gasteiger partial charge in [0.25, 0.3) is 0 Å². The van der Waals surface area contributed by atoms with E-state index in [0.717, 1.165) is 18.0 Å². The number of fused-ring (bicyclic) bond motifs is 3. The third-order valence-electron chi connectivity index (χ3n) is 4.04. The number of ether oxygens (including phenoxy) is 1. The van der Waals surface area contributed by atoms with Crippen LogP contribution in [0, 0.1) is 5.92 Å². The van der Waals surface area contributed by atoms with E-state index in [4.69, 9.17) is 27.9 Å². The first-order valence-electron chi connectivity index (χ1n) is 6.50. The molecule has 3 heterocycles. The Bertz CT molecular complexity index is 430. The number of piperidine rings is 3. The van der Waals surface area contributed by atoms with Crippen molar-refractivity contribution in [2.75, 3.05) is 19.6 Å². The summed E-state index contributed by atoms with van der Waals surface area (Å²) in [4.78, 5) is 2.50. The lowest BCUT2D eigenvalue weighted by atomic mass is 9.86. The third kappa shape index (κ3) is 2.67. The zero-order valence-corrected chi connectivity index (χ0v) is 11.8. The molecule has 3 aliphatic heterocycles. The highest BCUT2D eigenvalue weighted by molar-refractivity contribution is 6.42. The van der Waals surface area contributed by atoms with E-state index < -0.39 is 0 Å². The lowest BCUT2D eigenvalue weighted by Crippen LogP contribution is -2.51. The maximum atomic E-state index is 6.05. The second kappa shape index (κ2) is 5.38. The fraction of sp³-hybridized carbons (Fsp3) is 0.571. The molecule has 0 amide bonds. The quantitative estimate of drug-likeness (QED) is 0.841. The van der Waals surface area contributed by atoms with Crippen molar-refractivity contribution in [1.82, 2.24) is 4.90 Å². The van der Waals surface area contributed by atoms with Crippen molar-refractivity contribution in [2.24, 2.45) is 5.92 Å². The maximum absolute atomic E-state index is 6.05. The molecule has 0 radical (unpaired) electrons. The van der Waals surface area contributed by atoms with E-state index in [1.807, 2.05) is 18.2 Å². The summed E-state index contributed by atoms with van der Waals surface area (Å²) in [6, 6.07) is 5.71. The summed E-state index contributed by atoms with van der Waals surface area (Å²) >= 11 is 11.9. The van der Waals surface area contributed by atoms with Crippen molar-refractivity contribution >= 4 is 23.2 Å². The highest BCUT2D eigenvalue weighted by atomic mass is 35.5. The van der Waals surface area contributed by atoms with Crippen LogP contribution < -0.4 is 0 Å². The molecule has 3 fully saturated rings. The zero-order chi connectivity index (χ0) is 12.5. The van der Waals surface area contributed by atoms with Crippen LogP contribution in [0.15, 0.2) is 18.2 Å². The number of nitrogens with zero attached hydrogens (tertiary/aromatic N) is 1. The smallest absolute Gasteiger partial charge is 0.0735 e. The largest absolute Gasteiger partial charge is 0.372 e. The van der Waals surface area contributed by atoms with Crippen molar-refractivity contribution in [3.8, 4) is 0 Å². The Kier molecular flexibility index (Phi) is 3.81. The summed E-state index contributed by atoms with van der Waals surface area (Å²) in [7, 11) is 0. The monoisotopic (exact) mass is 285 g/mol. The number of hydrogen-bond acceptors (Lipinski definition) is 2. The Balaban J connectivity index is 1.59. The number of rotatable bonds is 3. The van der Waals surface area contributed by atoms with Crippen LogP contribution >= 0.6 is 23.2 Å². The van der Waals surface area contributed by atoms with Gasteiger partial charge in [0.15, 0.2) is 0 Å². The molecule has 1 aromatic rings. The van der Waals surface area contributed by atoms with Gasteiger partial charge in [0.05, 0.1) is 22.8 Å². The van der Waals surface area contributed by atoms with Gasteiger partial charge in [-0.15, -0.1) is 0 Å². The molecule has 3 aliphatic rings. The molecular weight excluding hydrogens is 269 g/mol. The predicted octanol–water partition coefficient (Wildman–Crippen LogP) is 3.60. The van der Waals surface area contributed by atoms with Gasteiger partial charge in [-0.1, -0.05) is 29.3 Å². The first-order valence-corrected chi connectivity index (χ1v) is 7.26. The first kappa shape index (κ1) is 12.7. The van der Waals surface area contributed by atoms with E-state index in [-0.39, 0.29) is 0 Å². The molecule has 1 aromatic carbocycles. The molecule has 0 spiro atoms. The minimum absolute atomic E-state index is 0.391. The number of benzene rings is 1. The Morgan fingerprint density at radius 2 is 1.94 bits per heavy atom. The van der Waals surface area contributed by atoms with Gasteiger partial charge >= 0.3 is 0 Å². The highest BCUT2D eigenvalue weighted by Gasteiger charge is 2.34. The third-order valence-corrected chi connectivity index (χ3v) is 4.78. The Hall–Kier alpha value is -0.280. The van der Waals surface area contributed by atoms with Crippen molar-refractivity contribution in [1.29, 1.82) is 0 Å². The normalized spacial score (nSPS) is 30.7. The Morgan fingerprint density at radius 3 is 2.56 bits per heavy atom. The van der Waals surface area contributed by atoms with Gasteiger partial charge in [0.1, 0.15) is 0 Å². The predicted molar refractivity (Wildman–Crippen MR) is 74.2 cm³/mol. The SMILES string of the molecule is Clc1ccc(CO[C@H]2CN3CCC2CC3)cc1Cl. The van der Waals surface area contributed by atoms with Gasteiger partial charge in [0.2, 0.25) is 0 Å². The van der Waals surface area contributed by atoms with Crippen LogP contribution in [0.1, 0.15) is 18.4 Å². The fourth-order valence-corrected chi connectivity index (χ4v) is 3.25. The van der Waals surface area contributed by atoms with E-state index in [1.165, 1.54) is 25.9 Å². The van der Waals surface area contributed by atoms with Gasteiger partial charge in [-0.2, -0.15) is 0 Å². The molecule has 2 nitrogen and oxygen atoms in total. The molecule has 18 heavy (non-hydrogen) atoms. The van der Waals surface area contributed by atoms with Gasteiger partial charge < -0.3 is 9.64 Å². The molecule has 0 saturated carbocycles. The molecule has 2 bridgehead atoms. The Morgan fingerprint density at radius 1 is 1.17 bits per heavy atom. The summed E-state index contributed by atoms with van der Waals surface area (Å²) in [5.74, 6) is 0.748. The van der Waals surface area contributed by atoms with Gasteiger partial charge in [0, 0.05) is 6.54 Å². The van der Waals surface area contributed by atoms with E-state index >= 15 is 0 Å². The summed E-state index contributed by atoms with van der Waals surface area (Å²) in [6.45, 7) is 4.21. The molecule has 98 valence electrons. The van der Waals surface area contributed by atoms with Crippen LogP contribution in [0.25, 0.3) is 0 Å². The van der Waals surface area contributed by atoms with Crippen molar-refractivity contribution < 1.29 is 4.74 Å². The van der Waals surface area contributed by atoms with Gasteiger partial charge in [-0.3, -0.25) is 0 Å². The zero-order valence-electron chi connectivity index (χ0n) is 10.2. The van der Waals surface area contributed by atoms with Crippen LogP contribution in [-0.2, 0) is 11.3 Å². The maximum Gasteiger partial charge on any atom is 0.0735 e. The van der Waals surface area contributed by atoms with Gasteiger partial charge in [-0.05, 0) is 49.5 Å². The van der Waals surface area contributed by atoms with E-state index in [2.05, 4.69) is 4.90 Å². The molecular formula is C14H17Cl2NO. The van der Waals surface area contributed by atoms with Crippen LogP contribution in [0.4, 0.5) is 0 Å². The topological polar surface area (TPSA) is 12.5 Å². The molecule has 4 rings (SSSR count). The van der Waals surface area contributed by atoms with Crippen LogP contribution in [-0.4, -0.2) is 30.6 Å².